The fourth-order valence-corrected chi connectivity index (χ4v) is 2.17. The molecule has 0 radical (unpaired) electrons. The summed E-state index contributed by atoms with van der Waals surface area (Å²) in [6, 6.07) is 8.37. The molecule has 0 saturated carbocycles. The Morgan fingerprint density at radius 1 is 1.38 bits per heavy atom. The highest BCUT2D eigenvalue weighted by atomic mass is 16.5. The Morgan fingerprint density at radius 3 is 2.90 bits per heavy atom. The highest BCUT2D eigenvalue weighted by Gasteiger charge is 2.02. The summed E-state index contributed by atoms with van der Waals surface area (Å²) in [5.74, 6) is 0.897. The highest BCUT2D eigenvalue weighted by Crippen LogP contribution is 2.18. The predicted molar refractivity (Wildman–Crippen MR) is 86.5 cm³/mol. The Bertz CT molecular complexity index is 589. The molecule has 1 N–H and O–H groups in total. The maximum absolute atomic E-state index is 5.32. The molecule has 0 aliphatic heterocycles. The maximum Gasteiger partial charge on any atom is 0.126 e. The molecule has 0 spiro atoms. The summed E-state index contributed by atoms with van der Waals surface area (Å²) in [5.41, 5.74) is 2.29. The van der Waals surface area contributed by atoms with Crippen molar-refractivity contribution in [2.75, 3.05) is 13.7 Å². The van der Waals surface area contributed by atoms with Crippen molar-refractivity contribution in [1.82, 2.24) is 15.1 Å². The molecule has 0 amide bonds. The van der Waals surface area contributed by atoms with Crippen LogP contribution < -0.4 is 10.1 Å². The van der Waals surface area contributed by atoms with E-state index in [1.807, 2.05) is 35.1 Å². The SMILES string of the molecule is COc1ccccc1/C=C\CN[C@@H](C)Cn1cc(C)cn1. The van der Waals surface area contributed by atoms with Crippen LogP contribution >= 0.6 is 0 Å². The molecule has 1 atom stereocenters. The van der Waals surface area contributed by atoms with Gasteiger partial charge in [0, 0.05) is 24.3 Å². The monoisotopic (exact) mass is 285 g/mol. The van der Waals surface area contributed by atoms with Gasteiger partial charge >= 0.3 is 0 Å². The van der Waals surface area contributed by atoms with Crippen molar-refractivity contribution in [2.45, 2.75) is 26.4 Å². The van der Waals surface area contributed by atoms with Gasteiger partial charge in [-0.3, -0.25) is 4.68 Å². The topological polar surface area (TPSA) is 39.1 Å². The van der Waals surface area contributed by atoms with Crippen LogP contribution in [0.2, 0.25) is 0 Å². The van der Waals surface area contributed by atoms with Gasteiger partial charge in [-0.2, -0.15) is 5.10 Å². The Hall–Kier alpha value is -2.07. The molecule has 0 saturated heterocycles. The molecule has 1 aromatic carbocycles. The van der Waals surface area contributed by atoms with Crippen LogP contribution in [0.15, 0.2) is 42.7 Å². The van der Waals surface area contributed by atoms with Gasteiger partial charge in [-0.05, 0) is 25.5 Å². The number of benzene rings is 1. The zero-order chi connectivity index (χ0) is 15.1. The summed E-state index contributed by atoms with van der Waals surface area (Å²) in [7, 11) is 1.69. The second-order valence-corrected chi connectivity index (χ2v) is 5.19. The zero-order valence-electron chi connectivity index (χ0n) is 12.9. The third-order valence-corrected chi connectivity index (χ3v) is 3.24. The molecule has 112 valence electrons. The van der Waals surface area contributed by atoms with Gasteiger partial charge < -0.3 is 10.1 Å². The summed E-state index contributed by atoms with van der Waals surface area (Å²) in [6.07, 6.45) is 8.14. The van der Waals surface area contributed by atoms with E-state index in [9.17, 15) is 0 Å². The Labute approximate surface area is 126 Å². The molecule has 0 unspecified atom stereocenters. The number of methoxy groups -OCH3 is 1. The lowest BCUT2D eigenvalue weighted by Crippen LogP contribution is -2.30. The molecule has 2 rings (SSSR count). The first-order valence-corrected chi connectivity index (χ1v) is 7.21. The quantitative estimate of drug-likeness (QED) is 0.850. The lowest BCUT2D eigenvalue weighted by atomic mass is 10.2. The first-order valence-electron chi connectivity index (χ1n) is 7.21. The predicted octanol–water partition coefficient (Wildman–Crippen LogP) is 2.89. The van der Waals surface area contributed by atoms with Crippen molar-refractivity contribution in [3.8, 4) is 5.75 Å². The summed E-state index contributed by atoms with van der Waals surface area (Å²) in [6.45, 7) is 5.90. The number of nitrogens with zero attached hydrogens (tertiary/aromatic N) is 2. The van der Waals surface area contributed by atoms with Gasteiger partial charge in [0.25, 0.3) is 0 Å². The smallest absolute Gasteiger partial charge is 0.126 e. The number of para-hydroxylation sites is 1. The standard InChI is InChI=1S/C17H23N3O/c1-14-11-19-20(12-14)13-15(2)18-10-6-8-16-7-4-5-9-17(16)21-3/h4-9,11-12,15,18H,10,13H2,1-3H3/b8-6-/t15-/m0/s1. The maximum atomic E-state index is 5.32. The van der Waals surface area contributed by atoms with Crippen molar-refractivity contribution in [1.29, 1.82) is 0 Å². The van der Waals surface area contributed by atoms with Gasteiger partial charge in [0.05, 0.1) is 19.9 Å². The number of aryl methyl sites for hydroxylation is 1. The van der Waals surface area contributed by atoms with E-state index in [0.717, 1.165) is 24.4 Å². The molecule has 4 nitrogen and oxygen atoms in total. The zero-order valence-corrected chi connectivity index (χ0v) is 12.9. The fourth-order valence-electron chi connectivity index (χ4n) is 2.17. The van der Waals surface area contributed by atoms with Crippen LogP contribution in [0.1, 0.15) is 18.1 Å². The van der Waals surface area contributed by atoms with E-state index >= 15 is 0 Å². The van der Waals surface area contributed by atoms with E-state index in [0.29, 0.717) is 6.04 Å². The Morgan fingerprint density at radius 2 is 2.19 bits per heavy atom. The number of hydrogen-bond donors (Lipinski definition) is 1. The lowest BCUT2D eigenvalue weighted by Gasteiger charge is -2.12. The second kappa shape index (κ2) is 7.64. The molecule has 0 bridgehead atoms. The van der Waals surface area contributed by atoms with Gasteiger partial charge in [0.15, 0.2) is 0 Å². The summed E-state index contributed by atoms with van der Waals surface area (Å²) < 4.78 is 7.29. The Balaban J connectivity index is 1.79. The van der Waals surface area contributed by atoms with E-state index in [2.05, 4.69) is 42.6 Å². The highest BCUT2D eigenvalue weighted by molar-refractivity contribution is 5.57. The van der Waals surface area contributed by atoms with Crippen LogP contribution in [0.25, 0.3) is 6.08 Å². The first-order chi connectivity index (χ1) is 10.2. The number of rotatable bonds is 7. The molecule has 21 heavy (non-hydrogen) atoms. The number of ether oxygens (including phenoxy) is 1. The van der Waals surface area contributed by atoms with Crippen LogP contribution in [-0.4, -0.2) is 29.5 Å². The van der Waals surface area contributed by atoms with Crippen LogP contribution in [0.5, 0.6) is 5.75 Å². The van der Waals surface area contributed by atoms with Crippen LogP contribution in [0.3, 0.4) is 0 Å². The fraction of sp³-hybridized carbons (Fsp3) is 0.353. The number of aromatic nitrogens is 2. The third kappa shape index (κ3) is 4.76. The lowest BCUT2D eigenvalue weighted by molar-refractivity contribution is 0.414. The molecular weight excluding hydrogens is 262 g/mol. The Kier molecular flexibility index (Phi) is 5.58. The third-order valence-electron chi connectivity index (χ3n) is 3.24. The second-order valence-electron chi connectivity index (χ2n) is 5.19. The van der Waals surface area contributed by atoms with Crippen molar-refractivity contribution < 1.29 is 4.74 Å². The van der Waals surface area contributed by atoms with E-state index in [4.69, 9.17) is 4.74 Å². The van der Waals surface area contributed by atoms with Gasteiger partial charge in [-0.1, -0.05) is 30.4 Å². The van der Waals surface area contributed by atoms with Crippen molar-refractivity contribution in [3.63, 3.8) is 0 Å². The van der Waals surface area contributed by atoms with Crippen molar-refractivity contribution >= 4 is 6.08 Å². The van der Waals surface area contributed by atoms with Gasteiger partial charge in [0.2, 0.25) is 0 Å². The normalized spacial score (nSPS) is 12.7. The van der Waals surface area contributed by atoms with Crippen LogP contribution in [-0.2, 0) is 6.54 Å². The summed E-state index contributed by atoms with van der Waals surface area (Å²) in [5, 5.41) is 7.76. The van der Waals surface area contributed by atoms with Gasteiger partial charge in [-0.25, -0.2) is 0 Å². The molecule has 0 aliphatic rings. The average Bonchev–Trinajstić information content (AvgIpc) is 2.89. The average molecular weight is 285 g/mol. The van der Waals surface area contributed by atoms with Crippen molar-refractivity contribution in [3.05, 3.63) is 53.9 Å². The summed E-state index contributed by atoms with van der Waals surface area (Å²) >= 11 is 0. The molecule has 2 aromatic rings. The van der Waals surface area contributed by atoms with E-state index in [1.165, 1.54) is 5.56 Å². The minimum Gasteiger partial charge on any atom is -0.496 e. The molecule has 0 aliphatic carbocycles. The molecule has 0 fully saturated rings. The van der Waals surface area contributed by atoms with Gasteiger partial charge in [-0.15, -0.1) is 0 Å². The summed E-state index contributed by atoms with van der Waals surface area (Å²) in [4.78, 5) is 0. The first kappa shape index (κ1) is 15.3. The molecule has 4 heteroatoms. The minimum atomic E-state index is 0.367. The molecule has 1 aromatic heterocycles. The molecular formula is C17H23N3O. The van der Waals surface area contributed by atoms with E-state index < -0.39 is 0 Å². The minimum absolute atomic E-state index is 0.367. The largest absolute Gasteiger partial charge is 0.496 e. The van der Waals surface area contributed by atoms with E-state index in [1.54, 1.807) is 7.11 Å². The van der Waals surface area contributed by atoms with Crippen LogP contribution in [0.4, 0.5) is 0 Å². The number of nitrogens with one attached hydrogen (secondary N) is 1. The van der Waals surface area contributed by atoms with E-state index in [-0.39, 0.29) is 0 Å². The van der Waals surface area contributed by atoms with Gasteiger partial charge in [0.1, 0.15) is 5.75 Å². The van der Waals surface area contributed by atoms with Crippen LogP contribution in [0, 0.1) is 6.92 Å². The number of hydrogen-bond acceptors (Lipinski definition) is 3. The van der Waals surface area contributed by atoms with Crippen molar-refractivity contribution in [2.24, 2.45) is 0 Å². The molecule has 1 heterocycles.